The van der Waals surface area contributed by atoms with Gasteiger partial charge in [0.2, 0.25) is 0 Å². The molecule has 1 aromatic heterocycles. The predicted octanol–water partition coefficient (Wildman–Crippen LogP) is 4.12. The predicted molar refractivity (Wildman–Crippen MR) is 107 cm³/mol. The van der Waals surface area contributed by atoms with Crippen molar-refractivity contribution in [2.45, 2.75) is 18.4 Å². The van der Waals surface area contributed by atoms with Gasteiger partial charge >= 0.3 is 0 Å². The summed E-state index contributed by atoms with van der Waals surface area (Å²) in [5.74, 6) is 1.47. The van der Waals surface area contributed by atoms with Crippen LogP contribution in [0.4, 0.5) is 0 Å². The summed E-state index contributed by atoms with van der Waals surface area (Å²) in [6.07, 6.45) is 3.13. The lowest BCUT2D eigenvalue weighted by Crippen LogP contribution is -1.97. The minimum atomic E-state index is -1.44. The second-order valence-corrected chi connectivity index (χ2v) is 7.03. The van der Waals surface area contributed by atoms with Crippen LogP contribution in [0.25, 0.3) is 0 Å². The van der Waals surface area contributed by atoms with Gasteiger partial charge in [-0.15, -0.1) is 0 Å². The van der Waals surface area contributed by atoms with Gasteiger partial charge in [-0.1, -0.05) is 29.8 Å². The summed E-state index contributed by atoms with van der Waals surface area (Å²) in [6.45, 7) is 2.43. The number of hydrogen-bond donors (Lipinski definition) is 0. The van der Waals surface area contributed by atoms with Crippen molar-refractivity contribution >= 4 is 17.2 Å². The average Bonchev–Trinajstić information content (AvgIpc) is 2.72. The topological polar surface area (TPSA) is 60.8 Å². The number of hydrogen-bond acceptors (Lipinski definition) is 4. The highest BCUT2D eigenvalue weighted by Gasteiger charge is 2.01. The Kier molecular flexibility index (Phi) is 6.33. The molecule has 0 saturated heterocycles. The van der Waals surface area contributed by atoms with Gasteiger partial charge in [0.05, 0.1) is 30.1 Å². The molecule has 6 heteroatoms. The fourth-order valence-electron chi connectivity index (χ4n) is 2.26. The van der Waals surface area contributed by atoms with Crippen molar-refractivity contribution in [1.82, 2.24) is 4.98 Å². The van der Waals surface area contributed by atoms with Gasteiger partial charge in [-0.05, 0) is 48.9 Å². The zero-order valence-electron chi connectivity index (χ0n) is 15.2. The maximum absolute atomic E-state index is 12.2. The van der Waals surface area contributed by atoms with E-state index in [9.17, 15) is 4.21 Å². The van der Waals surface area contributed by atoms with Gasteiger partial charge in [0.25, 0.3) is 0 Å². The first kappa shape index (κ1) is 18.8. The van der Waals surface area contributed by atoms with Crippen molar-refractivity contribution in [3.63, 3.8) is 0 Å². The summed E-state index contributed by atoms with van der Waals surface area (Å²) in [5, 5.41) is 0. The Bertz CT molecular complexity index is 921. The van der Waals surface area contributed by atoms with Gasteiger partial charge in [0.15, 0.2) is 11.0 Å². The molecule has 0 fully saturated rings. The van der Waals surface area contributed by atoms with Crippen LogP contribution in [0.15, 0.2) is 76.2 Å². The Morgan fingerprint density at radius 3 is 2.33 bits per heavy atom. The molecule has 5 nitrogen and oxygen atoms in total. The first-order chi connectivity index (χ1) is 13.1. The quantitative estimate of drug-likeness (QED) is 0.579. The molecule has 0 radical (unpaired) electrons. The van der Waals surface area contributed by atoms with Gasteiger partial charge in [-0.2, -0.15) is 4.40 Å². The van der Waals surface area contributed by atoms with Gasteiger partial charge in [-0.3, -0.25) is 4.98 Å². The van der Waals surface area contributed by atoms with Crippen LogP contribution in [0.5, 0.6) is 11.5 Å². The Morgan fingerprint density at radius 2 is 1.70 bits per heavy atom. The van der Waals surface area contributed by atoms with E-state index < -0.39 is 11.0 Å². The maximum atomic E-state index is 12.2. The van der Waals surface area contributed by atoms with Gasteiger partial charge in [0.1, 0.15) is 18.1 Å². The SMILES string of the molecule is COc1ccc(COc2ccc(/C=N/S(=O)c3ccc(C)cc3)nc2)cc1. The number of ether oxygens (including phenoxy) is 2. The molecule has 1 heterocycles. The summed E-state index contributed by atoms with van der Waals surface area (Å²) in [4.78, 5) is 4.93. The van der Waals surface area contributed by atoms with E-state index in [2.05, 4.69) is 9.38 Å². The van der Waals surface area contributed by atoms with E-state index in [1.165, 1.54) is 6.21 Å². The molecule has 0 spiro atoms. The Morgan fingerprint density at radius 1 is 1.00 bits per heavy atom. The molecule has 0 aliphatic carbocycles. The van der Waals surface area contributed by atoms with Gasteiger partial charge < -0.3 is 9.47 Å². The molecule has 138 valence electrons. The average molecular weight is 380 g/mol. The standard InChI is InChI=1S/C21H20N2O3S/c1-16-3-11-21(12-4-16)27(24)23-13-18-7-10-20(14-22-18)26-15-17-5-8-19(25-2)9-6-17/h3-14H,15H2,1-2H3/b23-13+. The maximum Gasteiger partial charge on any atom is 0.172 e. The Hall–Kier alpha value is -2.99. The van der Waals surface area contributed by atoms with Crippen molar-refractivity contribution in [2.24, 2.45) is 4.40 Å². The fraction of sp³-hybridized carbons (Fsp3) is 0.143. The number of pyridine rings is 1. The molecular formula is C21H20N2O3S. The molecule has 0 saturated carbocycles. The molecule has 27 heavy (non-hydrogen) atoms. The van der Waals surface area contributed by atoms with Gasteiger partial charge in [0, 0.05) is 0 Å². The fourth-order valence-corrected chi connectivity index (χ4v) is 2.95. The molecule has 3 aromatic rings. The van der Waals surface area contributed by atoms with Crippen molar-refractivity contribution in [3.05, 3.63) is 83.7 Å². The van der Waals surface area contributed by atoms with Crippen LogP contribution in [0, 0.1) is 6.92 Å². The van der Waals surface area contributed by atoms with Crippen LogP contribution in [0.3, 0.4) is 0 Å². The van der Waals surface area contributed by atoms with Crippen LogP contribution in [-0.4, -0.2) is 22.5 Å². The largest absolute Gasteiger partial charge is 0.497 e. The number of benzene rings is 2. The minimum Gasteiger partial charge on any atom is -0.497 e. The first-order valence-corrected chi connectivity index (χ1v) is 9.49. The van der Waals surface area contributed by atoms with Crippen LogP contribution in [0.1, 0.15) is 16.8 Å². The van der Waals surface area contributed by atoms with Crippen molar-refractivity contribution < 1.29 is 13.7 Å². The highest BCUT2D eigenvalue weighted by atomic mass is 32.2. The lowest BCUT2D eigenvalue weighted by atomic mass is 10.2. The number of aromatic nitrogens is 1. The van der Waals surface area contributed by atoms with Crippen molar-refractivity contribution in [1.29, 1.82) is 0 Å². The van der Waals surface area contributed by atoms with Crippen molar-refractivity contribution in [2.75, 3.05) is 7.11 Å². The van der Waals surface area contributed by atoms with E-state index in [-0.39, 0.29) is 0 Å². The number of methoxy groups -OCH3 is 1. The van der Waals surface area contributed by atoms with Crippen molar-refractivity contribution in [3.8, 4) is 11.5 Å². The highest BCUT2D eigenvalue weighted by molar-refractivity contribution is 7.83. The van der Waals surface area contributed by atoms with Gasteiger partial charge in [-0.25, -0.2) is 4.21 Å². The molecule has 0 aliphatic rings. The number of rotatable bonds is 7. The smallest absolute Gasteiger partial charge is 0.172 e. The van der Waals surface area contributed by atoms with Crippen LogP contribution in [-0.2, 0) is 17.6 Å². The summed E-state index contributed by atoms with van der Waals surface area (Å²) >= 11 is 0. The Balaban J connectivity index is 1.56. The lowest BCUT2D eigenvalue weighted by Gasteiger charge is -2.07. The normalized spacial score (nSPS) is 12.1. The Labute approximate surface area is 161 Å². The molecule has 3 rings (SSSR count). The number of aryl methyl sites for hydroxylation is 1. The monoisotopic (exact) mass is 380 g/mol. The second-order valence-electron chi connectivity index (χ2n) is 5.85. The summed E-state index contributed by atoms with van der Waals surface area (Å²) in [7, 11) is 0.197. The minimum absolute atomic E-state index is 0.441. The second kappa shape index (κ2) is 9.09. The molecule has 1 unspecified atom stereocenters. The number of nitrogens with zero attached hydrogens (tertiary/aromatic N) is 2. The first-order valence-electron chi connectivity index (χ1n) is 8.38. The van der Waals surface area contributed by atoms with E-state index in [1.54, 1.807) is 19.4 Å². The lowest BCUT2D eigenvalue weighted by molar-refractivity contribution is 0.304. The summed E-state index contributed by atoms with van der Waals surface area (Å²) < 4.78 is 27.1. The third kappa shape index (κ3) is 5.49. The van der Waals surface area contributed by atoms with E-state index >= 15 is 0 Å². The van der Waals surface area contributed by atoms with Crippen LogP contribution in [0.2, 0.25) is 0 Å². The van der Waals surface area contributed by atoms with E-state index in [4.69, 9.17) is 9.47 Å². The third-order valence-corrected chi connectivity index (χ3v) is 4.80. The molecule has 2 aromatic carbocycles. The molecular weight excluding hydrogens is 360 g/mol. The third-order valence-electron chi connectivity index (χ3n) is 3.83. The summed E-state index contributed by atoms with van der Waals surface area (Å²) in [5.41, 5.74) is 2.77. The summed E-state index contributed by atoms with van der Waals surface area (Å²) in [6, 6.07) is 18.7. The molecule has 1 atom stereocenters. The van der Waals surface area contributed by atoms with E-state index in [0.29, 0.717) is 22.9 Å². The molecule has 0 bridgehead atoms. The molecule has 0 N–H and O–H groups in total. The van der Waals surface area contributed by atoms with E-state index in [1.807, 2.05) is 61.5 Å². The van der Waals surface area contributed by atoms with Crippen LogP contribution < -0.4 is 9.47 Å². The zero-order chi connectivity index (χ0) is 19.1. The molecule has 0 amide bonds. The molecule has 0 aliphatic heterocycles. The zero-order valence-corrected chi connectivity index (χ0v) is 16.0. The highest BCUT2D eigenvalue weighted by Crippen LogP contribution is 2.15. The van der Waals surface area contributed by atoms with E-state index in [0.717, 1.165) is 16.9 Å². The van der Waals surface area contributed by atoms with Crippen LogP contribution >= 0.6 is 0 Å².